The number of nitrogens with one attached hydrogen (secondary N) is 1. The third kappa shape index (κ3) is 4.05. The second kappa shape index (κ2) is 7.98. The Hall–Kier alpha value is -2.68. The quantitative estimate of drug-likeness (QED) is 0.712. The molecule has 7 nitrogen and oxygen atoms in total. The lowest BCUT2D eigenvalue weighted by Crippen LogP contribution is -2.40. The number of anilines is 1. The molecule has 0 aliphatic carbocycles. The molecule has 150 valence electrons. The molecule has 0 saturated carbocycles. The van der Waals surface area contributed by atoms with Crippen molar-refractivity contribution in [3.05, 3.63) is 48.0 Å². The molecule has 1 unspecified atom stereocenters. The van der Waals surface area contributed by atoms with E-state index in [1.165, 1.54) is 16.9 Å². The minimum Gasteiger partial charge on any atom is -0.485 e. The minimum absolute atomic E-state index is 0.178. The molecular formula is C21H21N3O4S. The van der Waals surface area contributed by atoms with Crippen LogP contribution >= 0.6 is 11.3 Å². The van der Waals surface area contributed by atoms with Crippen LogP contribution in [0.4, 0.5) is 5.13 Å². The highest BCUT2D eigenvalue weighted by Crippen LogP contribution is 2.32. The highest BCUT2D eigenvalue weighted by atomic mass is 32.1. The SMILES string of the molecule is O=C(Nc1nc2ccc(CN3CCOCC3)cc2s1)C1COc2ccccc2O1. The lowest BCUT2D eigenvalue weighted by Gasteiger charge is -2.26. The molecular weight excluding hydrogens is 390 g/mol. The normalized spacial score (nSPS) is 19.2. The fraction of sp³-hybridized carbons (Fsp3) is 0.333. The van der Waals surface area contributed by atoms with Crippen molar-refractivity contribution in [2.75, 3.05) is 38.2 Å². The van der Waals surface area contributed by atoms with Crippen LogP contribution in [-0.4, -0.2) is 54.8 Å². The number of hydrogen-bond donors (Lipinski definition) is 1. The molecule has 1 saturated heterocycles. The third-order valence-electron chi connectivity index (χ3n) is 4.99. The summed E-state index contributed by atoms with van der Waals surface area (Å²) >= 11 is 1.47. The molecule has 2 aromatic carbocycles. The average molecular weight is 411 g/mol. The highest BCUT2D eigenvalue weighted by molar-refractivity contribution is 7.22. The zero-order valence-electron chi connectivity index (χ0n) is 15.8. The maximum absolute atomic E-state index is 12.6. The summed E-state index contributed by atoms with van der Waals surface area (Å²) < 4.78 is 17.9. The van der Waals surface area contributed by atoms with E-state index in [0.717, 1.165) is 43.1 Å². The van der Waals surface area contributed by atoms with Crippen molar-refractivity contribution in [1.82, 2.24) is 9.88 Å². The van der Waals surface area contributed by atoms with E-state index in [4.69, 9.17) is 14.2 Å². The Morgan fingerprint density at radius 1 is 1.17 bits per heavy atom. The molecule has 8 heteroatoms. The van der Waals surface area contributed by atoms with Gasteiger partial charge in [-0.05, 0) is 29.8 Å². The number of nitrogens with zero attached hydrogens (tertiary/aromatic N) is 2. The van der Waals surface area contributed by atoms with Crippen LogP contribution in [0.5, 0.6) is 11.5 Å². The first-order chi connectivity index (χ1) is 14.2. The summed E-state index contributed by atoms with van der Waals surface area (Å²) in [6.45, 7) is 4.55. The summed E-state index contributed by atoms with van der Waals surface area (Å²) in [5.41, 5.74) is 2.11. The van der Waals surface area contributed by atoms with Gasteiger partial charge in [-0.15, -0.1) is 0 Å². The Morgan fingerprint density at radius 2 is 2.00 bits per heavy atom. The van der Waals surface area contributed by atoms with E-state index in [1.54, 1.807) is 6.07 Å². The van der Waals surface area contributed by atoms with Crippen molar-refractivity contribution in [3.63, 3.8) is 0 Å². The van der Waals surface area contributed by atoms with Gasteiger partial charge in [0, 0.05) is 19.6 Å². The van der Waals surface area contributed by atoms with E-state index in [0.29, 0.717) is 16.6 Å². The van der Waals surface area contributed by atoms with Gasteiger partial charge in [0.25, 0.3) is 5.91 Å². The van der Waals surface area contributed by atoms with E-state index in [9.17, 15) is 4.79 Å². The highest BCUT2D eigenvalue weighted by Gasteiger charge is 2.28. The van der Waals surface area contributed by atoms with Gasteiger partial charge in [0.15, 0.2) is 16.6 Å². The van der Waals surface area contributed by atoms with Crippen LogP contribution in [0.15, 0.2) is 42.5 Å². The molecule has 1 aromatic heterocycles. The predicted molar refractivity (Wildman–Crippen MR) is 111 cm³/mol. The van der Waals surface area contributed by atoms with Crippen LogP contribution < -0.4 is 14.8 Å². The standard InChI is InChI=1S/C21H21N3O4S/c25-20(18-13-27-16-3-1-2-4-17(16)28-18)23-21-22-15-6-5-14(11-19(15)29-21)12-24-7-9-26-10-8-24/h1-6,11,18H,7-10,12-13H2,(H,22,23,25). The topological polar surface area (TPSA) is 72.9 Å². The van der Waals surface area contributed by atoms with Crippen molar-refractivity contribution in [3.8, 4) is 11.5 Å². The molecule has 1 atom stereocenters. The molecule has 0 spiro atoms. The number of ether oxygens (including phenoxy) is 3. The van der Waals surface area contributed by atoms with Crippen LogP contribution in [0.25, 0.3) is 10.2 Å². The number of morpholine rings is 1. The van der Waals surface area contributed by atoms with E-state index in [-0.39, 0.29) is 12.5 Å². The Labute approximate surface area is 172 Å². The smallest absolute Gasteiger partial charge is 0.270 e. The third-order valence-corrected chi connectivity index (χ3v) is 5.93. The van der Waals surface area contributed by atoms with Crippen molar-refractivity contribution in [2.45, 2.75) is 12.6 Å². The lowest BCUT2D eigenvalue weighted by atomic mass is 10.2. The Kier molecular flexibility index (Phi) is 5.05. The van der Waals surface area contributed by atoms with Crippen molar-refractivity contribution < 1.29 is 19.0 Å². The largest absolute Gasteiger partial charge is 0.485 e. The van der Waals surface area contributed by atoms with Crippen LogP contribution in [0, 0.1) is 0 Å². The minimum atomic E-state index is -0.700. The number of fused-ring (bicyclic) bond motifs is 2. The first-order valence-electron chi connectivity index (χ1n) is 9.63. The van der Waals surface area contributed by atoms with Crippen molar-refractivity contribution in [1.29, 1.82) is 0 Å². The molecule has 2 aliphatic heterocycles. The van der Waals surface area contributed by atoms with E-state index in [1.807, 2.05) is 24.3 Å². The first-order valence-corrected chi connectivity index (χ1v) is 10.5. The number of carbonyl (C=O) groups excluding carboxylic acids is 1. The summed E-state index contributed by atoms with van der Waals surface area (Å²) in [7, 11) is 0. The molecule has 5 rings (SSSR count). The summed E-state index contributed by atoms with van der Waals surface area (Å²) in [5, 5.41) is 3.43. The zero-order valence-corrected chi connectivity index (χ0v) is 16.6. The van der Waals surface area contributed by atoms with Crippen LogP contribution in [-0.2, 0) is 16.1 Å². The average Bonchev–Trinajstić information content (AvgIpc) is 3.15. The van der Waals surface area contributed by atoms with Gasteiger partial charge in [0.2, 0.25) is 6.10 Å². The number of benzene rings is 2. The van der Waals surface area contributed by atoms with Gasteiger partial charge in [-0.3, -0.25) is 15.0 Å². The van der Waals surface area contributed by atoms with Crippen molar-refractivity contribution in [2.24, 2.45) is 0 Å². The number of para-hydroxylation sites is 2. The van der Waals surface area contributed by atoms with Crippen molar-refractivity contribution >= 4 is 32.6 Å². The fourth-order valence-electron chi connectivity index (χ4n) is 3.47. The van der Waals surface area contributed by atoms with Crippen LogP contribution in [0.2, 0.25) is 0 Å². The van der Waals surface area contributed by atoms with E-state index in [2.05, 4.69) is 27.3 Å². The molecule has 0 radical (unpaired) electrons. The molecule has 1 fully saturated rings. The van der Waals surface area contributed by atoms with E-state index >= 15 is 0 Å². The molecule has 29 heavy (non-hydrogen) atoms. The van der Waals surface area contributed by atoms with Gasteiger partial charge < -0.3 is 14.2 Å². The van der Waals surface area contributed by atoms with Gasteiger partial charge >= 0.3 is 0 Å². The number of thiazole rings is 1. The van der Waals surface area contributed by atoms with Gasteiger partial charge in [0.1, 0.15) is 6.61 Å². The fourth-order valence-corrected chi connectivity index (χ4v) is 4.41. The maximum atomic E-state index is 12.6. The van der Waals surface area contributed by atoms with E-state index < -0.39 is 6.10 Å². The Morgan fingerprint density at radius 3 is 2.86 bits per heavy atom. The Balaban J connectivity index is 1.26. The first kappa shape index (κ1) is 18.4. The number of aromatic nitrogens is 1. The second-order valence-electron chi connectivity index (χ2n) is 7.06. The van der Waals surface area contributed by atoms with Gasteiger partial charge in [-0.25, -0.2) is 4.98 Å². The van der Waals surface area contributed by atoms with Gasteiger partial charge in [-0.1, -0.05) is 29.5 Å². The number of hydrogen-bond acceptors (Lipinski definition) is 7. The number of rotatable bonds is 4. The van der Waals surface area contributed by atoms with Crippen LogP contribution in [0.1, 0.15) is 5.56 Å². The molecule has 1 amide bonds. The maximum Gasteiger partial charge on any atom is 0.270 e. The summed E-state index contributed by atoms with van der Waals surface area (Å²) in [6.07, 6.45) is -0.700. The van der Waals surface area contributed by atoms with Gasteiger partial charge in [0.05, 0.1) is 23.4 Å². The number of carbonyl (C=O) groups is 1. The molecule has 3 aromatic rings. The van der Waals surface area contributed by atoms with Gasteiger partial charge in [-0.2, -0.15) is 0 Å². The van der Waals surface area contributed by atoms with Crippen LogP contribution in [0.3, 0.4) is 0 Å². The molecule has 2 aliphatic rings. The zero-order chi connectivity index (χ0) is 19.6. The molecule has 0 bridgehead atoms. The molecule has 1 N–H and O–H groups in total. The molecule has 3 heterocycles. The summed E-state index contributed by atoms with van der Waals surface area (Å²) in [5.74, 6) is 0.979. The summed E-state index contributed by atoms with van der Waals surface area (Å²) in [4.78, 5) is 19.5. The predicted octanol–water partition coefficient (Wildman–Crippen LogP) is 2.91. The summed E-state index contributed by atoms with van der Waals surface area (Å²) in [6, 6.07) is 13.6. The second-order valence-corrected chi connectivity index (χ2v) is 8.09. The monoisotopic (exact) mass is 411 g/mol. The lowest BCUT2D eigenvalue weighted by molar-refractivity contribution is -0.125. The Bertz CT molecular complexity index is 1030. The number of amides is 1.